The van der Waals surface area contributed by atoms with E-state index in [1.165, 1.54) is 13.3 Å². The Balaban J connectivity index is 3.20. The van der Waals surface area contributed by atoms with Gasteiger partial charge in [0.15, 0.2) is 0 Å². The summed E-state index contributed by atoms with van der Waals surface area (Å²) in [5, 5.41) is 0. The molecule has 0 aliphatic rings. The standard InChI is InChI=1S/C9H12FNO/c1-6(2)8-7(12-3)4-5-11-9(8)10/h4-6H,1-3H3. The molecule has 0 aromatic carbocycles. The van der Waals surface area contributed by atoms with Crippen LogP contribution in [0, 0.1) is 5.95 Å². The van der Waals surface area contributed by atoms with Crippen molar-refractivity contribution in [2.45, 2.75) is 19.8 Å². The summed E-state index contributed by atoms with van der Waals surface area (Å²) in [5.74, 6) is 0.218. The van der Waals surface area contributed by atoms with E-state index in [0.29, 0.717) is 11.3 Å². The highest BCUT2D eigenvalue weighted by Crippen LogP contribution is 2.26. The van der Waals surface area contributed by atoms with Crippen LogP contribution in [0.3, 0.4) is 0 Å². The summed E-state index contributed by atoms with van der Waals surface area (Å²) in [7, 11) is 1.53. The number of hydrogen-bond donors (Lipinski definition) is 0. The highest BCUT2D eigenvalue weighted by Gasteiger charge is 2.13. The Hall–Kier alpha value is -1.12. The molecular formula is C9H12FNO. The van der Waals surface area contributed by atoms with Crippen molar-refractivity contribution in [2.75, 3.05) is 7.11 Å². The molecule has 0 radical (unpaired) electrons. The minimum absolute atomic E-state index is 0.0913. The fourth-order valence-electron chi connectivity index (χ4n) is 1.13. The van der Waals surface area contributed by atoms with Gasteiger partial charge < -0.3 is 4.74 Å². The van der Waals surface area contributed by atoms with Crippen molar-refractivity contribution >= 4 is 0 Å². The third-order valence-corrected chi connectivity index (χ3v) is 1.70. The first-order valence-corrected chi connectivity index (χ1v) is 3.85. The van der Waals surface area contributed by atoms with Crippen LogP contribution in [0.4, 0.5) is 4.39 Å². The van der Waals surface area contributed by atoms with Gasteiger partial charge in [0.2, 0.25) is 5.95 Å². The zero-order valence-corrected chi connectivity index (χ0v) is 7.47. The highest BCUT2D eigenvalue weighted by molar-refractivity contribution is 5.33. The Bertz CT molecular complexity index is 273. The molecule has 0 N–H and O–H groups in total. The second-order valence-electron chi connectivity index (χ2n) is 2.87. The SMILES string of the molecule is COc1ccnc(F)c1C(C)C. The number of rotatable bonds is 2. The first kappa shape index (κ1) is 8.97. The van der Waals surface area contributed by atoms with Gasteiger partial charge in [-0.25, -0.2) is 4.98 Å². The van der Waals surface area contributed by atoms with Crippen molar-refractivity contribution in [3.05, 3.63) is 23.8 Å². The number of pyridine rings is 1. The van der Waals surface area contributed by atoms with Crippen molar-refractivity contribution < 1.29 is 9.13 Å². The Morgan fingerprint density at radius 3 is 2.58 bits per heavy atom. The second kappa shape index (κ2) is 3.52. The van der Waals surface area contributed by atoms with E-state index in [0.717, 1.165) is 0 Å². The van der Waals surface area contributed by atoms with Gasteiger partial charge in [0, 0.05) is 6.20 Å². The van der Waals surface area contributed by atoms with Gasteiger partial charge in [0.25, 0.3) is 0 Å². The number of methoxy groups -OCH3 is 1. The van der Waals surface area contributed by atoms with Gasteiger partial charge in [-0.3, -0.25) is 0 Å². The molecule has 0 aliphatic carbocycles. The zero-order chi connectivity index (χ0) is 9.14. The van der Waals surface area contributed by atoms with Crippen LogP contribution >= 0.6 is 0 Å². The molecule has 0 fully saturated rings. The zero-order valence-electron chi connectivity index (χ0n) is 7.47. The third kappa shape index (κ3) is 1.55. The molecule has 0 atom stereocenters. The van der Waals surface area contributed by atoms with Crippen LogP contribution < -0.4 is 4.74 Å². The van der Waals surface area contributed by atoms with E-state index in [1.54, 1.807) is 6.07 Å². The fourth-order valence-corrected chi connectivity index (χ4v) is 1.13. The average molecular weight is 169 g/mol. The van der Waals surface area contributed by atoms with Gasteiger partial charge in [-0.1, -0.05) is 13.8 Å². The van der Waals surface area contributed by atoms with Crippen molar-refractivity contribution in [1.82, 2.24) is 4.98 Å². The Morgan fingerprint density at radius 2 is 2.17 bits per heavy atom. The molecule has 0 saturated carbocycles. The topological polar surface area (TPSA) is 22.1 Å². The summed E-state index contributed by atoms with van der Waals surface area (Å²) in [6.07, 6.45) is 1.40. The first-order valence-electron chi connectivity index (χ1n) is 3.85. The number of halogens is 1. The lowest BCUT2D eigenvalue weighted by Gasteiger charge is -2.10. The first-order chi connectivity index (χ1) is 5.66. The molecular weight excluding hydrogens is 157 g/mol. The maximum absolute atomic E-state index is 13.1. The summed E-state index contributed by atoms with van der Waals surface area (Å²) < 4.78 is 18.1. The van der Waals surface area contributed by atoms with E-state index in [1.807, 2.05) is 13.8 Å². The highest BCUT2D eigenvalue weighted by atomic mass is 19.1. The molecule has 0 amide bonds. The summed E-state index contributed by atoms with van der Waals surface area (Å²) in [6, 6.07) is 1.67. The second-order valence-corrected chi connectivity index (χ2v) is 2.87. The summed E-state index contributed by atoms with van der Waals surface area (Å²) in [5.41, 5.74) is 0.542. The number of nitrogens with zero attached hydrogens (tertiary/aromatic N) is 1. The molecule has 3 heteroatoms. The maximum Gasteiger partial charge on any atom is 0.220 e. The van der Waals surface area contributed by atoms with E-state index in [9.17, 15) is 4.39 Å². The van der Waals surface area contributed by atoms with Crippen LogP contribution in [0.2, 0.25) is 0 Å². The predicted molar refractivity (Wildman–Crippen MR) is 44.8 cm³/mol. The van der Waals surface area contributed by atoms with Crippen LogP contribution in [0.15, 0.2) is 12.3 Å². The molecule has 1 aromatic rings. The van der Waals surface area contributed by atoms with E-state index in [-0.39, 0.29) is 5.92 Å². The molecule has 0 aliphatic heterocycles. The van der Waals surface area contributed by atoms with Gasteiger partial charge >= 0.3 is 0 Å². The van der Waals surface area contributed by atoms with Gasteiger partial charge in [-0.2, -0.15) is 4.39 Å². The van der Waals surface area contributed by atoms with Crippen molar-refractivity contribution in [3.8, 4) is 5.75 Å². The molecule has 0 bridgehead atoms. The van der Waals surface area contributed by atoms with Gasteiger partial charge in [0.1, 0.15) is 5.75 Å². The summed E-state index contributed by atoms with van der Waals surface area (Å²) in [6.45, 7) is 3.81. The molecule has 12 heavy (non-hydrogen) atoms. The van der Waals surface area contributed by atoms with Crippen LogP contribution in [-0.4, -0.2) is 12.1 Å². The van der Waals surface area contributed by atoms with E-state index < -0.39 is 5.95 Å². The molecule has 0 unspecified atom stereocenters. The minimum Gasteiger partial charge on any atom is -0.496 e. The Morgan fingerprint density at radius 1 is 1.50 bits per heavy atom. The maximum atomic E-state index is 13.1. The molecule has 1 rings (SSSR count). The lowest BCUT2D eigenvalue weighted by atomic mass is 10.0. The largest absolute Gasteiger partial charge is 0.496 e. The number of aromatic nitrogens is 1. The van der Waals surface area contributed by atoms with Crippen LogP contribution in [0.5, 0.6) is 5.75 Å². The van der Waals surface area contributed by atoms with Crippen molar-refractivity contribution in [1.29, 1.82) is 0 Å². The van der Waals surface area contributed by atoms with E-state index in [4.69, 9.17) is 4.74 Å². The van der Waals surface area contributed by atoms with Crippen molar-refractivity contribution in [2.24, 2.45) is 0 Å². The monoisotopic (exact) mass is 169 g/mol. The Labute approximate surface area is 71.4 Å². The Kier molecular flexibility index (Phi) is 2.63. The van der Waals surface area contributed by atoms with Gasteiger partial charge in [-0.05, 0) is 12.0 Å². The number of ether oxygens (including phenoxy) is 1. The normalized spacial score (nSPS) is 10.4. The predicted octanol–water partition coefficient (Wildman–Crippen LogP) is 2.35. The quantitative estimate of drug-likeness (QED) is 0.634. The molecule has 0 spiro atoms. The van der Waals surface area contributed by atoms with E-state index in [2.05, 4.69) is 4.98 Å². The fraction of sp³-hybridized carbons (Fsp3) is 0.444. The molecule has 0 saturated heterocycles. The van der Waals surface area contributed by atoms with Crippen LogP contribution in [0.25, 0.3) is 0 Å². The summed E-state index contributed by atoms with van der Waals surface area (Å²) in [4.78, 5) is 3.56. The molecule has 66 valence electrons. The summed E-state index contributed by atoms with van der Waals surface area (Å²) >= 11 is 0. The van der Waals surface area contributed by atoms with E-state index >= 15 is 0 Å². The molecule has 1 aromatic heterocycles. The lowest BCUT2D eigenvalue weighted by Crippen LogP contribution is -1.99. The van der Waals surface area contributed by atoms with Gasteiger partial charge in [0.05, 0.1) is 12.7 Å². The smallest absolute Gasteiger partial charge is 0.220 e. The van der Waals surface area contributed by atoms with Crippen LogP contribution in [0.1, 0.15) is 25.3 Å². The minimum atomic E-state index is -0.440. The van der Waals surface area contributed by atoms with Crippen molar-refractivity contribution in [3.63, 3.8) is 0 Å². The molecule has 2 nitrogen and oxygen atoms in total. The molecule has 1 heterocycles. The number of hydrogen-bond acceptors (Lipinski definition) is 2. The lowest BCUT2D eigenvalue weighted by molar-refractivity contribution is 0.398. The van der Waals surface area contributed by atoms with Crippen LogP contribution in [-0.2, 0) is 0 Å². The third-order valence-electron chi connectivity index (χ3n) is 1.70. The average Bonchev–Trinajstić information content (AvgIpc) is 2.03. The van der Waals surface area contributed by atoms with Gasteiger partial charge in [-0.15, -0.1) is 0 Å².